The molecule has 2 aromatic carbocycles. The van der Waals surface area contributed by atoms with Crippen molar-refractivity contribution in [2.24, 2.45) is 0 Å². The maximum atomic E-state index is 12.7. The van der Waals surface area contributed by atoms with Gasteiger partial charge in [-0.05, 0) is 65.7 Å². The third kappa shape index (κ3) is 3.18. The lowest BCUT2D eigenvalue weighted by molar-refractivity contribution is -0.123. The van der Waals surface area contributed by atoms with E-state index in [1.54, 1.807) is 30.3 Å². The summed E-state index contributed by atoms with van der Waals surface area (Å²) < 4.78 is 10.7. The first kappa shape index (κ1) is 17.0. The lowest BCUT2D eigenvalue weighted by Gasteiger charge is -2.12. The second-order valence-electron chi connectivity index (χ2n) is 5.96. The molecule has 0 radical (unpaired) electrons. The molecule has 0 N–H and O–H groups in total. The van der Waals surface area contributed by atoms with Crippen LogP contribution in [0.2, 0.25) is 5.02 Å². The highest BCUT2D eigenvalue weighted by atomic mass is 35.5. The smallest absolute Gasteiger partial charge is 0.293 e. The van der Waals surface area contributed by atoms with E-state index < -0.39 is 0 Å². The average molecular weight is 388 g/mol. The number of halogens is 1. The Hall–Kier alpha value is -2.44. The highest BCUT2D eigenvalue weighted by Gasteiger charge is 2.35. The molecule has 1 saturated heterocycles. The highest BCUT2D eigenvalue weighted by Crippen LogP contribution is 2.38. The number of thioether (sulfide) groups is 1. The molecule has 0 unspecified atom stereocenters. The van der Waals surface area contributed by atoms with Crippen molar-refractivity contribution in [3.8, 4) is 11.5 Å². The van der Waals surface area contributed by atoms with E-state index in [1.165, 1.54) is 4.90 Å². The Balaban J connectivity index is 1.59. The first-order valence-corrected chi connectivity index (χ1v) is 9.11. The van der Waals surface area contributed by atoms with Gasteiger partial charge in [0.25, 0.3) is 11.1 Å². The summed E-state index contributed by atoms with van der Waals surface area (Å²) in [4.78, 5) is 26.6. The normalized spacial score (nSPS) is 17.5. The number of hydrogen-bond acceptors (Lipinski definition) is 5. The van der Waals surface area contributed by atoms with Gasteiger partial charge in [0.05, 0.1) is 11.4 Å². The van der Waals surface area contributed by atoms with Crippen molar-refractivity contribution >= 4 is 40.6 Å². The van der Waals surface area contributed by atoms with Crippen LogP contribution in [-0.2, 0) is 11.3 Å². The van der Waals surface area contributed by atoms with E-state index in [0.717, 1.165) is 28.5 Å². The van der Waals surface area contributed by atoms with E-state index >= 15 is 0 Å². The predicted molar refractivity (Wildman–Crippen MR) is 100 cm³/mol. The molecular weight excluding hydrogens is 374 g/mol. The first-order valence-electron chi connectivity index (χ1n) is 7.91. The van der Waals surface area contributed by atoms with Crippen molar-refractivity contribution in [3.63, 3.8) is 0 Å². The Kier molecular flexibility index (Phi) is 4.38. The van der Waals surface area contributed by atoms with Gasteiger partial charge in [-0.3, -0.25) is 14.5 Å². The van der Waals surface area contributed by atoms with Crippen LogP contribution in [0.25, 0.3) is 6.08 Å². The van der Waals surface area contributed by atoms with Crippen LogP contribution in [0.3, 0.4) is 0 Å². The van der Waals surface area contributed by atoms with Crippen molar-refractivity contribution in [3.05, 3.63) is 63.0 Å². The standard InChI is InChI=1S/C19H14ClNO4S/c1-11-6-15-16(25-10-24-15)7-13(11)8-17-18(22)21(19(23)26-17)9-12-2-4-14(20)5-3-12/h2-8H,9-10H2,1H3/b17-8+. The summed E-state index contributed by atoms with van der Waals surface area (Å²) in [6.07, 6.45) is 1.73. The second-order valence-corrected chi connectivity index (χ2v) is 7.39. The Bertz CT molecular complexity index is 939. The van der Waals surface area contributed by atoms with Gasteiger partial charge >= 0.3 is 0 Å². The number of amides is 2. The SMILES string of the molecule is Cc1cc2c(cc1/C=C1/SC(=O)N(Cc3ccc(Cl)cc3)C1=O)OCO2. The van der Waals surface area contributed by atoms with Gasteiger partial charge < -0.3 is 9.47 Å². The van der Waals surface area contributed by atoms with Gasteiger partial charge in [0, 0.05) is 5.02 Å². The van der Waals surface area contributed by atoms with Crippen LogP contribution < -0.4 is 9.47 Å². The third-order valence-corrected chi connectivity index (χ3v) is 5.33. The molecule has 0 bridgehead atoms. The molecule has 2 aliphatic heterocycles. The monoisotopic (exact) mass is 387 g/mol. The Morgan fingerprint density at radius 3 is 2.58 bits per heavy atom. The predicted octanol–water partition coefficient (Wildman–Crippen LogP) is 4.61. The number of carbonyl (C=O) groups excluding carboxylic acids is 2. The lowest BCUT2D eigenvalue weighted by Crippen LogP contribution is -2.27. The Morgan fingerprint density at radius 1 is 1.15 bits per heavy atom. The quantitative estimate of drug-likeness (QED) is 0.719. The number of rotatable bonds is 3. The molecule has 7 heteroatoms. The number of imide groups is 1. The molecule has 2 heterocycles. The molecule has 2 amide bonds. The molecule has 2 aromatic rings. The second kappa shape index (κ2) is 6.70. The zero-order chi connectivity index (χ0) is 18.3. The largest absolute Gasteiger partial charge is 0.454 e. The molecule has 0 saturated carbocycles. The molecule has 1 fully saturated rings. The first-order chi connectivity index (χ1) is 12.5. The van der Waals surface area contributed by atoms with E-state index in [0.29, 0.717) is 21.4 Å². The van der Waals surface area contributed by atoms with Crippen molar-refractivity contribution in [1.29, 1.82) is 0 Å². The van der Waals surface area contributed by atoms with Crippen LogP contribution in [0.4, 0.5) is 4.79 Å². The van der Waals surface area contributed by atoms with Gasteiger partial charge in [0.1, 0.15) is 0 Å². The van der Waals surface area contributed by atoms with E-state index in [-0.39, 0.29) is 24.5 Å². The van der Waals surface area contributed by atoms with Gasteiger partial charge in [-0.25, -0.2) is 0 Å². The summed E-state index contributed by atoms with van der Waals surface area (Å²) in [5.74, 6) is 1.03. The minimum atomic E-state index is -0.299. The van der Waals surface area contributed by atoms with Crippen LogP contribution in [0.15, 0.2) is 41.3 Å². The molecule has 5 nitrogen and oxygen atoms in total. The number of carbonyl (C=O) groups is 2. The van der Waals surface area contributed by atoms with Crippen molar-refractivity contribution < 1.29 is 19.1 Å². The number of aryl methyl sites for hydroxylation is 1. The summed E-state index contributed by atoms with van der Waals surface area (Å²) >= 11 is 6.82. The van der Waals surface area contributed by atoms with Crippen LogP contribution in [-0.4, -0.2) is 22.8 Å². The fourth-order valence-electron chi connectivity index (χ4n) is 2.76. The lowest BCUT2D eigenvalue weighted by atomic mass is 10.1. The van der Waals surface area contributed by atoms with Crippen LogP contribution in [0.1, 0.15) is 16.7 Å². The van der Waals surface area contributed by atoms with Gasteiger partial charge in [-0.2, -0.15) is 0 Å². The van der Waals surface area contributed by atoms with Crippen molar-refractivity contribution in [2.45, 2.75) is 13.5 Å². The summed E-state index contributed by atoms with van der Waals surface area (Å²) in [6.45, 7) is 2.33. The number of hydrogen-bond donors (Lipinski definition) is 0. The van der Waals surface area contributed by atoms with E-state index in [1.807, 2.05) is 19.1 Å². The zero-order valence-corrected chi connectivity index (χ0v) is 15.4. The molecule has 0 spiro atoms. The molecule has 0 aliphatic carbocycles. The number of nitrogens with zero attached hydrogens (tertiary/aromatic N) is 1. The average Bonchev–Trinajstić information content (AvgIpc) is 3.16. The zero-order valence-electron chi connectivity index (χ0n) is 13.8. The van der Waals surface area contributed by atoms with Crippen LogP contribution >= 0.6 is 23.4 Å². The fourth-order valence-corrected chi connectivity index (χ4v) is 3.72. The molecule has 2 aliphatic rings. The molecule has 132 valence electrons. The number of fused-ring (bicyclic) bond motifs is 1. The van der Waals surface area contributed by atoms with E-state index in [9.17, 15) is 9.59 Å². The summed E-state index contributed by atoms with van der Waals surface area (Å²) in [7, 11) is 0. The third-order valence-electron chi connectivity index (χ3n) is 4.18. The fraction of sp³-hybridized carbons (Fsp3) is 0.158. The molecule has 4 rings (SSSR count). The van der Waals surface area contributed by atoms with Crippen LogP contribution in [0, 0.1) is 6.92 Å². The summed E-state index contributed by atoms with van der Waals surface area (Å²) in [5, 5.41) is 0.329. The molecule has 26 heavy (non-hydrogen) atoms. The Labute approximate surface area is 159 Å². The number of ether oxygens (including phenoxy) is 2. The van der Waals surface area contributed by atoms with Gasteiger partial charge in [0.2, 0.25) is 6.79 Å². The van der Waals surface area contributed by atoms with Crippen molar-refractivity contribution in [2.75, 3.05) is 6.79 Å². The summed E-state index contributed by atoms with van der Waals surface area (Å²) in [5.41, 5.74) is 2.61. The van der Waals surface area contributed by atoms with Gasteiger partial charge in [-0.15, -0.1) is 0 Å². The van der Waals surface area contributed by atoms with Gasteiger partial charge in [-0.1, -0.05) is 23.7 Å². The minimum absolute atomic E-state index is 0.190. The topological polar surface area (TPSA) is 55.8 Å². The van der Waals surface area contributed by atoms with Gasteiger partial charge in [0.15, 0.2) is 11.5 Å². The van der Waals surface area contributed by atoms with Crippen molar-refractivity contribution in [1.82, 2.24) is 4.90 Å². The maximum Gasteiger partial charge on any atom is 0.293 e. The Morgan fingerprint density at radius 2 is 1.85 bits per heavy atom. The summed E-state index contributed by atoms with van der Waals surface area (Å²) in [6, 6.07) is 10.8. The molecule has 0 aromatic heterocycles. The van der Waals surface area contributed by atoms with E-state index in [2.05, 4.69) is 0 Å². The van der Waals surface area contributed by atoms with Crippen LogP contribution in [0.5, 0.6) is 11.5 Å². The maximum absolute atomic E-state index is 12.7. The van der Waals surface area contributed by atoms with E-state index in [4.69, 9.17) is 21.1 Å². The molecular formula is C19H14ClNO4S. The molecule has 0 atom stereocenters. The highest BCUT2D eigenvalue weighted by molar-refractivity contribution is 8.18. The minimum Gasteiger partial charge on any atom is -0.454 e. The number of benzene rings is 2.